The first kappa shape index (κ1) is 22.6. The number of likely N-dealkylation sites (N-methyl/N-ethyl adjacent to an activating group) is 1. The fourth-order valence-corrected chi connectivity index (χ4v) is 3.75. The molecule has 0 aliphatic rings. The molecule has 0 unspecified atom stereocenters. The zero-order valence-electron chi connectivity index (χ0n) is 17.0. The van der Waals surface area contributed by atoms with Gasteiger partial charge in [-0.3, -0.25) is 9.59 Å². The maximum atomic E-state index is 12.6. The molecule has 0 aliphatic heterocycles. The summed E-state index contributed by atoms with van der Waals surface area (Å²) in [4.78, 5) is 26.3. The molecule has 2 aromatic rings. The molecule has 0 aromatic heterocycles. The highest BCUT2D eigenvalue weighted by Gasteiger charge is 2.25. The predicted molar refractivity (Wildman–Crippen MR) is 111 cm³/mol. The largest absolute Gasteiger partial charge is 0.452 e. The lowest BCUT2D eigenvalue weighted by Crippen LogP contribution is -2.41. The van der Waals surface area contributed by atoms with Gasteiger partial charge in [-0.15, -0.1) is 0 Å². The maximum Gasteiger partial charge on any atom is 0.321 e. The fourth-order valence-electron chi connectivity index (χ4n) is 2.70. The molecule has 0 saturated carbocycles. The molecule has 0 aliphatic carbocycles. The smallest absolute Gasteiger partial charge is 0.321 e. The van der Waals surface area contributed by atoms with Crippen LogP contribution < -0.4 is 9.62 Å². The van der Waals surface area contributed by atoms with Crippen LogP contribution in [-0.4, -0.2) is 39.5 Å². The maximum absolute atomic E-state index is 12.6. The van der Waals surface area contributed by atoms with Crippen LogP contribution >= 0.6 is 0 Å². The number of amides is 1. The average molecular weight is 419 g/mol. The van der Waals surface area contributed by atoms with Crippen molar-refractivity contribution < 1.29 is 22.7 Å². The molecule has 8 heteroatoms. The van der Waals surface area contributed by atoms with Crippen molar-refractivity contribution in [3.8, 4) is 0 Å². The van der Waals surface area contributed by atoms with E-state index in [1.165, 1.54) is 24.0 Å². The number of carbonyl (C=O) groups is 2. The molecule has 1 amide bonds. The highest BCUT2D eigenvalue weighted by molar-refractivity contribution is 7.89. The zero-order valence-corrected chi connectivity index (χ0v) is 17.8. The van der Waals surface area contributed by atoms with Crippen molar-refractivity contribution >= 4 is 27.6 Å². The minimum Gasteiger partial charge on any atom is -0.452 e. The van der Waals surface area contributed by atoms with Crippen molar-refractivity contribution in [3.63, 3.8) is 0 Å². The number of nitrogens with zero attached hydrogens (tertiary/aromatic N) is 1. The Morgan fingerprint density at radius 2 is 1.72 bits per heavy atom. The summed E-state index contributed by atoms with van der Waals surface area (Å²) >= 11 is 0. The molecule has 0 radical (unpaired) electrons. The first-order valence-electron chi connectivity index (χ1n) is 9.28. The number of hydrogen-bond acceptors (Lipinski definition) is 5. The van der Waals surface area contributed by atoms with E-state index in [4.69, 9.17) is 4.74 Å². The lowest BCUT2D eigenvalue weighted by atomic mass is 10.1. The van der Waals surface area contributed by atoms with Crippen molar-refractivity contribution in [1.82, 2.24) is 4.72 Å². The van der Waals surface area contributed by atoms with E-state index in [9.17, 15) is 18.0 Å². The van der Waals surface area contributed by atoms with Gasteiger partial charge in [0.25, 0.3) is 5.91 Å². The van der Waals surface area contributed by atoms with Gasteiger partial charge in [0.15, 0.2) is 6.10 Å². The van der Waals surface area contributed by atoms with Crippen LogP contribution in [0.15, 0.2) is 53.4 Å². The SMILES string of the molecule is CCN(C(=O)[C@H](C)OC(=O)CNS(=O)(=O)c1ccc(C)c(C)c1)c1ccccc1. The van der Waals surface area contributed by atoms with Crippen molar-refractivity contribution in [2.75, 3.05) is 18.0 Å². The molecule has 2 rings (SSSR count). The number of para-hydroxylation sites is 1. The Hall–Kier alpha value is -2.71. The van der Waals surface area contributed by atoms with E-state index < -0.39 is 28.6 Å². The van der Waals surface area contributed by atoms with Crippen LogP contribution in [-0.2, 0) is 24.3 Å². The molecule has 156 valence electrons. The van der Waals surface area contributed by atoms with Gasteiger partial charge in [-0.25, -0.2) is 8.42 Å². The Bertz CT molecular complexity index is 974. The number of carbonyl (C=O) groups excluding carboxylic acids is 2. The summed E-state index contributed by atoms with van der Waals surface area (Å²) in [5.74, 6) is -1.22. The normalized spacial score (nSPS) is 12.3. The summed E-state index contributed by atoms with van der Waals surface area (Å²) in [6, 6.07) is 13.7. The van der Waals surface area contributed by atoms with E-state index in [1.54, 1.807) is 18.2 Å². The summed E-state index contributed by atoms with van der Waals surface area (Å²) in [7, 11) is -3.86. The Morgan fingerprint density at radius 1 is 1.07 bits per heavy atom. The Balaban J connectivity index is 1.97. The van der Waals surface area contributed by atoms with Crippen molar-refractivity contribution in [1.29, 1.82) is 0 Å². The summed E-state index contributed by atoms with van der Waals surface area (Å²) in [6.45, 7) is 6.81. The van der Waals surface area contributed by atoms with Gasteiger partial charge in [0.2, 0.25) is 10.0 Å². The highest BCUT2D eigenvalue weighted by Crippen LogP contribution is 2.16. The standard InChI is InChI=1S/C21H26N2O5S/c1-5-23(18-9-7-6-8-10-18)21(25)17(4)28-20(24)14-22-29(26,27)19-12-11-15(2)16(3)13-19/h6-13,17,22H,5,14H2,1-4H3/t17-/m0/s1. The van der Waals surface area contributed by atoms with Crippen LogP contribution in [0.5, 0.6) is 0 Å². The topological polar surface area (TPSA) is 92.8 Å². The summed E-state index contributed by atoms with van der Waals surface area (Å²) in [5.41, 5.74) is 2.49. The molecule has 1 N–H and O–H groups in total. The number of anilines is 1. The number of hydrogen-bond donors (Lipinski definition) is 1. The summed E-state index contributed by atoms with van der Waals surface area (Å²) in [5, 5.41) is 0. The first-order chi connectivity index (χ1) is 13.7. The zero-order chi connectivity index (χ0) is 21.6. The van der Waals surface area contributed by atoms with Crippen LogP contribution in [0.4, 0.5) is 5.69 Å². The molecular weight excluding hydrogens is 392 g/mol. The van der Waals surface area contributed by atoms with Gasteiger partial charge in [-0.1, -0.05) is 24.3 Å². The van der Waals surface area contributed by atoms with Crippen molar-refractivity contribution in [2.45, 2.75) is 38.7 Å². The van der Waals surface area contributed by atoms with Crippen molar-refractivity contribution in [3.05, 3.63) is 59.7 Å². The number of benzene rings is 2. The molecule has 1 atom stereocenters. The predicted octanol–water partition coefficient (Wildman–Crippen LogP) is 2.57. The van der Waals surface area contributed by atoms with E-state index in [1.807, 2.05) is 39.0 Å². The average Bonchev–Trinajstić information content (AvgIpc) is 2.69. The lowest BCUT2D eigenvalue weighted by Gasteiger charge is -2.24. The van der Waals surface area contributed by atoms with Gasteiger partial charge in [-0.05, 0) is 63.1 Å². The molecule has 0 saturated heterocycles. The minimum atomic E-state index is -3.86. The molecule has 0 bridgehead atoms. The van der Waals surface area contributed by atoms with E-state index >= 15 is 0 Å². The van der Waals surface area contributed by atoms with E-state index in [0.717, 1.165) is 11.1 Å². The summed E-state index contributed by atoms with van der Waals surface area (Å²) in [6.07, 6.45) is -1.05. The van der Waals surface area contributed by atoms with Crippen LogP contribution in [0.25, 0.3) is 0 Å². The Kier molecular flexibility index (Phi) is 7.53. The van der Waals surface area contributed by atoms with Gasteiger partial charge in [-0.2, -0.15) is 4.72 Å². The minimum absolute atomic E-state index is 0.0683. The molecule has 0 spiro atoms. The number of ether oxygens (including phenoxy) is 1. The van der Waals surface area contributed by atoms with Gasteiger partial charge in [0, 0.05) is 12.2 Å². The second-order valence-corrected chi connectivity index (χ2v) is 8.39. The highest BCUT2D eigenvalue weighted by atomic mass is 32.2. The molecular formula is C21H26N2O5S. The van der Waals surface area contributed by atoms with Crippen LogP contribution in [0.2, 0.25) is 0 Å². The monoisotopic (exact) mass is 418 g/mol. The van der Waals surface area contributed by atoms with Crippen molar-refractivity contribution in [2.24, 2.45) is 0 Å². The second kappa shape index (κ2) is 9.67. The Morgan fingerprint density at radius 3 is 2.31 bits per heavy atom. The van der Waals surface area contributed by atoms with Crippen LogP contribution in [0.1, 0.15) is 25.0 Å². The fraction of sp³-hybridized carbons (Fsp3) is 0.333. The number of aryl methyl sites for hydroxylation is 2. The van der Waals surface area contributed by atoms with E-state index in [0.29, 0.717) is 12.2 Å². The van der Waals surface area contributed by atoms with Crippen LogP contribution in [0.3, 0.4) is 0 Å². The van der Waals surface area contributed by atoms with Gasteiger partial charge in [0.1, 0.15) is 6.54 Å². The third-order valence-electron chi connectivity index (χ3n) is 4.50. The lowest BCUT2D eigenvalue weighted by molar-refractivity contribution is -0.152. The second-order valence-electron chi connectivity index (χ2n) is 6.62. The molecule has 0 heterocycles. The molecule has 0 fully saturated rings. The van der Waals surface area contributed by atoms with Gasteiger partial charge in [0.05, 0.1) is 4.90 Å². The number of rotatable bonds is 8. The molecule has 2 aromatic carbocycles. The third-order valence-corrected chi connectivity index (χ3v) is 5.90. The van der Waals surface area contributed by atoms with E-state index in [-0.39, 0.29) is 10.8 Å². The van der Waals surface area contributed by atoms with E-state index in [2.05, 4.69) is 4.72 Å². The number of sulfonamides is 1. The Labute approximate surface area is 171 Å². The molecule has 7 nitrogen and oxygen atoms in total. The molecule has 29 heavy (non-hydrogen) atoms. The quantitative estimate of drug-likeness (QED) is 0.665. The third kappa shape index (κ3) is 5.88. The van der Waals surface area contributed by atoms with Gasteiger partial charge < -0.3 is 9.64 Å². The number of nitrogens with one attached hydrogen (secondary N) is 1. The first-order valence-corrected chi connectivity index (χ1v) is 10.8. The van der Waals surface area contributed by atoms with Gasteiger partial charge >= 0.3 is 5.97 Å². The summed E-state index contributed by atoms with van der Waals surface area (Å²) < 4.78 is 32.1. The number of esters is 1. The van der Waals surface area contributed by atoms with Crippen LogP contribution in [0, 0.1) is 13.8 Å².